The van der Waals surface area contributed by atoms with Gasteiger partial charge in [0, 0.05) is 47.7 Å². The monoisotopic (exact) mass is 387 g/mol. The van der Waals surface area contributed by atoms with E-state index >= 15 is 0 Å². The molecule has 146 valence electrons. The molecule has 0 saturated heterocycles. The van der Waals surface area contributed by atoms with E-state index in [1.165, 1.54) is 30.5 Å². The van der Waals surface area contributed by atoms with Gasteiger partial charge in [-0.15, -0.1) is 0 Å². The molecule has 0 fully saturated rings. The van der Waals surface area contributed by atoms with Gasteiger partial charge < -0.3 is 5.32 Å². The Morgan fingerprint density at radius 2 is 1.90 bits per heavy atom. The van der Waals surface area contributed by atoms with Gasteiger partial charge in [-0.05, 0) is 62.1 Å². The fraction of sp³-hybridized carbons (Fsp3) is 0.261. The molecule has 3 aromatic heterocycles. The predicted octanol–water partition coefficient (Wildman–Crippen LogP) is 4.46. The lowest BCUT2D eigenvalue weighted by Crippen LogP contribution is -2.17. The van der Waals surface area contributed by atoms with E-state index in [1.807, 2.05) is 35.0 Å². The maximum Gasteiger partial charge on any atom is 0.158 e. The van der Waals surface area contributed by atoms with Crippen molar-refractivity contribution in [2.24, 2.45) is 0 Å². The number of nitrogens with zero attached hydrogens (tertiary/aromatic N) is 4. The average molecular weight is 387 g/mol. The van der Waals surface area contributed by atoms with Gasteiger partial charge in [0.25, 0.3) is 0 Å². The van der Waals surface area contributed by atoms with Gasteiger partial charge in [-0.2, -0.15) is 9.61 Å². The van der Waals surface area contributed by atoms with Crippen molar-refractivity contribution in [2.75, 3.05) is 11.9 Å². The molecule has 1 aliphatic rings. The van der Waals surface area contributed by atoms with Crippen molar-refractivity contribution in [3.63, 3.8) is 0 Å². The van der Waals surface area contributed by atoms with Crippen LogP contribution in [-0.4, -0.2) is 26.1 Å². The Kier molecular flexibility index (Phi) is 4.68. The molecule has 0 amide bonds. The maximum absolute atomic E-state index is 13.3. The number of nitrogens with one attached hydrogen (secondary N) is 1. The molecule has 29 heavy (non-hydrogen) atoms. The number of pyridine rings is 1. The van der Waals surface area contributed by atoms with Crippen molar-refractivity contribution < 1.29 is 4.39 Å². The average Bonchev–Trinajstić information content (AvgIpc) is 3.18. The number of hydrogen-bond donors (Lipinski definition) is 1. The van der Waals surface area contributed by atoms with E-state index in [2.05, 4.69) is 10.3 Å². The van der Waals surface area contributed by atoms with Crippen molar-refractivity contribution in [1.82, 2.24) is 19.6 Å². The molecule has 0 saturated carbocycles. The number of fused-ring (bicyclic) bond motifs is 2. The molecule has 1 N–H and O–H groups in total. The maximum atomic E-state index is 13.3. The highest BCUT2D eigenvalue weighted by atomic mass is 19.1. The van der Waals surface area contributed by atoms with Crippen LogP contribution in [0.25, 0.3) is 16.9 Å². The van der Waals surface area contributed by atoms with Crippen LogP contribution >= 0.6 is 0 Å². The Labute approximate surface area is 168 Å². The molecule has 6 heteroatoms. The summed E-state index contributed by atoms with van der Waals surface area (Å²) in [5.41, 5.74) is 5.99. The molecule has 0 atom stereocenters. The van der Waals surface area contributed by atoms with Crippen molar-refractivity contribution in [3.8, 4) is 11.3 Å². The summed E-state index contributed by atoms with van der Waals surface area (Å²) in [7, 11) is 0. The standard InChI is InChI=1S/C23H22FN5/c24-17-10-8-16(9-11-17)21-15-22-27-20-7-2-1-6-19(20)23(29(22)28-21)26-14-12-18-5-3-4-13-25-18/h3-5,8-11,13,15,26H,1-2,6-7,12,14H2. The Balaban J connectivity index is 1.51. The van der Waals surface area contributed by atoms with Gasteiger partial charge in [0.1, 0.15) is 11.6 Å². The van der Waals surface area contributed by atoms with Crippen LogP contribution in [-0.2, 0) is 19.3 Å². The van der Waals surface area contributed by atoms with E-state index in [4.69, 9.17) is 10.1 Å². The van der Waals surface area contributed by atoms with Crippen molar-refractivity contribution >= 4 is 11.5 Å². The molecule has 0 spiro atoms. The van der Waals surface area contributed by atoms with Crippen LogP contribution in [0.1, 0.15) is 29.8 Å². The van der Waals surface area contributed by atoms with Crippen LogP contribution in [0.2, 0.25) is 0 Å². The van der Waals surface area contributed by atoms with Gasteiger partial charge in [-0.3, -0.25) is 4.98 Å². The van der Waals surface area contributed by atoms with Crippen LogP contribution < -0.4 is 5.32 Å². The van der Waals surface area contributed by atoms with E-state index in [0.717, 1.165) is 59.9 Å². The van der Waals surface area contributed by atoms with E-state index in [-0.39, 0.29) is 5.82 Å². The third-order valence-electron chi connectivity index (χ3n) is 5.42. The molecule has 4 aromatic rings. The molecule has 5 rings (SSSR count). The zero-order valence-electron chi connectivity index (χ0n) is 16.1. The minimum absolute atomic E-state index is 0.247. The number of halogens is 1. The largest absolute Gasteiger partial charge is 0.369 e. The number of hydrogen-bond acceptors (Lipinski definition) is 4. The molecular weight excluding hydrogens is 365 g/mol. The first-order valence-corrected chi connectivity index (χ1v) is 10.1. The highest BCUT2D eigenvalue weighted by Gasteiger charge is 2.20. The minimum Gasteiger partial charge on any atom is -0.369 e. The third-order valence-corrected chi connectivity index (χ3v) is 5.42. The van der Waals surface area contributed by atoms with Gasteiger partial charge in [-0.1, -0.05) is 6.07 Å². The molecule has 3 heterocycles. The smallest absolute Gasteiger partial charge is 0.158 e. The number of benzene rings is 1. The molecule has 0 radical (unpaired) electrons. The summed E-state index contributed by atoms with van der Waals surface area (Å²) < 4.78 is 15.2. The zero-order chi connectivity index (χ0) is 19.6. The van der Waals surface area contributed by atoms with Crippen LogP contribution in [0.4, 0.5) is 10.2 Å². The van der Waals surface area contributed by atoms with E-state index in [9.17, 15) is 4.39 Å². The summed E-state index contributed by atoms with van der Waals surface area (Å²) in [6, 6.07) is 14.4. The van der Waals surface area contributed by atoms with E-state index in [0.29, 0.717) is 0 Å². The lowest BCUT2D eigenvalue weighted by atomic mass is 9.96. The highest BCUT2D eigenvalue weighted by molar-refractivity contribution is 5.67. The number of rotatable bonds is 5. The first-order chi connectivity index (χ1) is 14.3. The minimum atomic E-state index is -0.247. The van der Waals surface area contributed by atoms with E-state index in [1.54, 1.807) is 12.1 Å². The molecule has 5 nitrogen and oxygen atoms in total. The van der Waals surface area contributed by atoms with Gasteiger partial charge in [0.15, 0.2) is 5.65 Å². The predicted molar refractivity (Wildman–Crippen MR) is 111 cm³/mol. The summed E-state index contributed by atoms with van der Waals surface area (Å²) in [6.45, 7) is 0.772. The molecule has 0 aliphatic heterocycles. The number of aromatic nitrogens is 4. The Morgan fingerprint density at radius 3 is 2.72 bits per heavy atom. The summed E-state index contributed by atoms with van der Waals surface area (Å²) in [5, 5.41) is 8.40. The SMILES string of the molecule is Fc1ccc(-c2cc3nc4c(c(NCCc5ccccn5)n3n2)CCCC4)cc1. The Morgan fingerprint density at radius 1 is 1.03 bits per heavy atom. The van der Waals surface area contributed by atoms with E-state index < -0.39 is 0 Å². The zero-order valence-corrected chi connectivity index (χ0v) is 16.1. The van der Waals surface area contributed by atoms with Crippen molar-refractivity contribution in [2.45, 2.75) is 32.1 Å². The number of aryl methyl sites for hydroxylation is 1. The van der Waals surface area contributed by atoms with Crippen LogP contribution in [0.15, 0.2) is 54.7 Å². The van der Waals surface area contributed by atoms with Crippen LogP contribution in [0.3, 0.4) is 0 Å². The van der Waals surface area contributed by atoms with Crippen molar-refractivity contribution in [1.29, 1.82) is 0 Å². The molecule has 1 aliphatic carbocycles. The Hall–Kier alpha value is -3.28. The van der Waals surface area contributed by atoms with Crippen molar-refractivity contribution in [3.05, 3.63) is 77.5 Å². The summed E-state index contributed by atoms with van der Waals surface area (Å²) in [5.74, 6) is 0.775. The topological polar surface area (TPSA) is 55.1 Å². The molecule has 0 unspecified atom stereocenters. The summed E-state index contributed by atoms with van der Waals surface area (Å²) in [6.07, 6.45) is 7.01. The van der Waals surface area contributed by atoms with Gasteiger partial charge in [0.2, 0.25) is 0 Å². The van der Waals surface area contributed by atoms with Gasteiger partial charge in [-0.25, -0.2) is 9.37 Å². The fourth-order valence-electron chi connectivity index (χ4n) is 3.95. The lowest BCUT2D eigenvalue weighted by Gasteiger charge is -2.20. The number of anilines is 1. The molecule has 1 aromatic carbocycles. The molecule has 0 bridgehead atoms. The highest BCUT2D eigenvalue weighted by Crippen LogP contribution is 2.30. The van der Waals surface area contributed by atoms with Gasteiger partial charge >= 0.3 is 0 Å². The third kappa shape index (κ3) is 3.58. The second-order valence-corrected chi connectivity index (χ2v) is 7.40. The first kappa shape index (κ1) is 17.8. The Bertz CT molecular complexity index is 1140. The second kappa shape index (κ2) is 7.62. The molecular formula is C23H22FN5. The summed E-state index contributed by atoms with van der Waals surface area (Å²) in [4.78, 5) is 9.29. The fourth-order valence-corrected chi connectivity index (χ4v) is 3.95. The van der Waals surface area contributed by atoms with Crippen LogP contribution in [0.5, 0.6) is 0 Å². The summed E-state index contributed by atoms with van der Waals surface area (Å²) >= 11 is 0. The van der Waals surface area contributed by atoms with Gasteiger partial charge in [0.05, 0.1) is 5.69 Å². The lowest BCUT2D eigenvalue weighted by molar-refractivity contribution is 0.628. The first-order valence-electron chi connectivity index (χ1n) is 10.1. The second-order valence-electron chi connectivity index (χ2n) is 7.40. The normalized spacial score (nSPS) is 13.4. The quantitative estimate of drug-likeness (QED) is 0.549. The van der Waals surface area contributed by atoms with Crippen LogP contribution in [0, 0.1) is 5.82 Å².